The monoisotopic (exact) mass is 386 g/mol. The van der Waals surface area contributed by atoms with Gasteiger partial charge in [0.25, 0.3) is 0 Å². The van der Waals surface area contributed by atoms with Gasteiger partial charge in [-0.3, -0.25) is 4.90 Å². The van der Waals surface area contributed by atoms with Gasteiger partial charge in [0.2, 0.25) is 0 Å². The van der Waals surface area contributed by atoms with Crippen molar-refractivity contribution in [2.24, 2.45) is 0 Å². The van der Waals surface area contributed by atoms with Crippen LogP contribution in [0.15, 0.2) is 66.9 Å². The van der Waals surface area contributed by atoms with Crippen molar-refractivity contribution in [3.05, 3.63) is 78.0 Å². The molecule has 2 heterocycles. The fourth-order valence-corrected chi connectivity index (χ4v) is 4.08. The van der Waals surface area contributed by atoms with E-state index in [2.05, 4.69) is 95.3 Å². The summed E-state index contributed by atoms with van der Waals surface area (Å²) in [7, 11) is 4.19. The highest BCUT2D eigenvalue weighted by Gasteiger charge is 2.26. The molecule has 150 valence electrons. The molecule has 0 unspecified atom stereocenters. The molecule has 0 aliphatic heterocycles. The maximum atomic E-state index is 4.68. The van der Waals surface area contributed by atoms with Crippen LogP contribution in [0.3, 0.4) is 0 Å². The number of aromatic nitrogens is 2. The van der Waals surface area contributed by atoms with Gasteiger partial charge in [-0.25, -0.2) is 4.98 Å². The first kappa shape index (κ1) is 19.6. The summed E-state index contributed by atoms with van der Waals surface area (Å²) < 4.78 is 2.35. The van der Waals surface area contributed by atoms with Crippen LogP contribution in [-0.4, -0.2) is 35.1 Å². The minimum Gasteiger partial charge on any atom is -0.324 e. The highest BCUT2D eigenvalue weighted by Crippen LogP contribution is 2.29. The molecule has 1 N–H and O–H groups in total. The average Bonchev–Trinajstić information content (AvgIpc) is 3.06. The summed E-state index contributed by atoms with van der Waals surface area (Å²) in [4.78, 5) is 7.12. The van der Waals surface area contributed by atoms with E-state index in [0.29, 0.717) is 0 Å². The van der Waals surface area contributed by atoms with Gasteiger partial charge in [-0.2, -0.15) is 0 Å². The lowest BCUT2D eigenvalue weighted by atomic mass is 9.92. The fourth-order valence-electron chi connectivity index (χ4n) is 4.08. The third kappa shape index (κ3) is 3.66. The average molecular weight is 387 g/mol. The first-order valence-electron chi connectivity index (χ1n) is 10.3. The summed E-state index contributed by atoms with van der Waals surface area (Å²) in [6.45, 7) is 7.33. The van der Waals surface area contributed by atoms with E-state index in [1.165, 1.54) is 27.4 Å². The van der Waals surface area contributed by atoms with Crippen LogP contribution in [0.5, 0.6) is 0 Å². The molecule has 0 bridgehead atoms. The summed E-state index contributed by atoms with van der Waals surface area (Å²) in [5, 5.41) is 5.71. The van der Waals surface area contributed by atoms with Gasteiger partial charge in [0.15, 0.2) is 0 Å². The molecule has 0 amide bonds. The molecule has 2 aromatic carbocycles. The van der Waals surface area contributed by atoms with E-state index < -0.39 is 0 Å². The third-order valence-corrected chi connectivity index (χ3v) is 6.18. The molecule has 4 rings (SSSR count). The van der Waals surface area contributed by atoms with Crippen molar-refractivity contribution < 1.29 is 0 Å². The zero-order valence-corrected chi connectivity index (χ0v) is 17.8. The maximum absolute atomic E-state index is 4.68. The summed E-state index contributed by atoms with van der Waals surface area (Å²) in [6, 6.07) is 21.7. The molecule has 0 saturated heterocycles. The number of benzene rings is 2. The minimum absolute atomic E-state index is 0.0512. The minimum atomic E-state index is -0.0512. The highest BCUT2D eigenvalue weighted by atomic mass is 15.2. The summed E-state index contributed by atoms with van der Waals surface area (Å²) in [5.41, 5.74) is 4.91. The van der Waals surface area contributed by atoms with Crippen molar-refractivity contribution in [2.45, 2.75) is 32.5 Å². The standard InChI is InChI=1S/C25H30N4/c1-25(2,20-13-11-19(12-14-20)18-26-3)28(4)16-17-29-23-10-6-5-8-21(23)22-9-7-15-27-24(22)29/h5-15,26H,16-18H2,1-4H3. The van der Waals surface area contributed by atoms with Crippen LogP contribution in [0.4, 0.5) is 0 Å². The van der Waals surface area contributed by atoms with E-state index in [1.807, 2.05) is 19.3 Å². The SMILES string of the molecule is CNCc1ccc(C(C)(C)N(C)CCn2c3ccccc3c3cccnc32)cc1. The second kappa shape index (κ2) is 7.97. The molecular formula is C25H30N4. The van der Waals surface area contributed by atoms with E-state index in [9.17, 15) is 0 Å². The Bertz CT molecular complexity index is 1060. The van der Waals surface area contributed by atoms with Crippen molar-refractivity contribution in [1.82, 2.24) is 19.8 Å². The Hall–Kier alpha value is -2.69. The molecule has 0 aliphatic carbocycles. The van der Waals surface area contributed by atoms with Gasteiger partial charge in [-0.05, 0) is 57.3 Å². The van der Waals surface area contributed by atoms with Crippen molar-refractivity contribution in [2.75, 3.05) is 20.6 Å². The predicted octanol–water partition coefficient (Wildman–Crippen LogP) is 4.78. The largest absolute Gasteiger partial charge is 0.324 e. The molecule has 2 aromatic heterocycles. The van der Waals surface area contributed by atoms with Gasteiger partial charge in [0.05, 0.1) is 5.52 Å². The van der Waals surface area contributed by atoms with E-state index in [4.69, 9.17) is 0 Å². The van der Waals surface area contributed by atoms with Gasteiger partial charge in [-0.15, -0.1) is 0 Å². The normalized spacial score (nSPS) is 12.3. The molecule has 4 nitrogen and oxygen atoms in total. The Morgan fingerprint density at radius 1 is 0.966 bits per heavy atom. The van der Waals surface area contributed by atoms with Crippen molar-refractivity contribution >= 4 is 21.9 Å². The molecule has 4 heteroatoms. The summed E-state index contributed by atoms with van der Waals surface area (Å²) >= 11 is 0. The number of nitrogens with one attached hydrogen (secondary N) is 1. The predicted molar refractivity (Wildman–Crippen MR) is 122 cm³/mol. The quantitative estimate of drug-likeness (QED) is 0.496. The van der Waals surface area contributed by atoms with Crippen molar-refractivity contribution in [3.63, 3.8) is 0 Å². The highest BCUT2D eigenvalue weighted by molar-refractivity contribution is 6.06. The van der Waals surface area contributed by atoms with E-state index in [-0.39, 0.29) is 5.54 Å². The Kier molecular flexibility index (Phi) is 5.39. The van der Waals surface area contributed by atoms with Crippen LogP contribution in [-0.2, 0) is 18.6 Å². The number of likely N-dealkylation sites (N-methyl/N-ethyl adjacent to an activating group) is 1. The summed E-state index contributed by atoms with van der Waals surface area (Å²) in [5.74, 6) is 0. The lowest BCUT2D eigenvalue weighted by molar-refractivity contribution is 0.152. The molecule has 0 saturated carbocycles. The Morgan fingerprint density at radius 3 is 2.45 bits per heavy atom. The topological polar surface area (TPSA) is 33.1 Å². The Morgan fingerprint density at radius 2 is 1.69 bits per heavy atom. The van der Waals surface area contributed by atoms with Gasteiger partial charge in [0.1, 0.15) is 5.65 Å². The smallest absolute Gasteiger partial charge is 0.140 e. The number of hydrogen-bond acceptors (Lipinski definition) is 3. The second-order valence-corrected chi connectivity index (χ2v) is 8.25. The van der Waals surface area contributed by atoms with Gasteiger partial charge in [0, 0.05) is 42.1 Å². The molecule has 29 heavy (non-hydrogen) atoms. The Balaban J connectivity index is 1.58. The number of pyridine rings is 1. The number of fused-ring (bicyclic) bond motifs is 3. The van der Waals surface area contributed by atoms with Gasteiger partial charge in [-0.1, -0.05) is 42.5 Å². The first-order chi connectivity index (χ1) is 14.0. The van der Waals surface area contributed by atoms with Crippen LogP contribution >= 0.6 is 0 Å². The van der Waals surface area contributed by atoms with Crippen LogP contribution in [0, 0.1) is 0 Å². The fraction of sp³-hybridized carbons (Fsp3) is 0.320. The molecule has 0 fully saturated rings. The Labute approximate surface area is 173 Å². The molecule has 0 spiro atoms. The van der Waals surface area contributed by atoms with E-state index in [1.54, 1.807) is 0 Å². The molecule has 0 aliphatic rings. The third-order valence-electron chi connectivity index (χ3n) is 6.18. The van der Waals surface area contributed by atoms with Crippen LogP contribution in [0.2, 0.25) is 0 Å². The molecular weight excluding hydrogens is 356 g/mol. The molecule has 4 aromatic rings. The van der Waals surface area contributed by atoms with Crippen LogP contribution < -0.4 is 5.32 Å². The first-order valence-corrected chi connectivity index (χ1v) is 10.3. The second-order valence-electron chi connectivity index (χ2n) is 8.25. The van der Waals surface area contributed by atoms with Crippen LogP contribution in [0.1, 0.15) is 25.0 Å². The van der Waals surface area contributed by atoms with Crippen molar-refractivity contribution in [1.29, 1.82) is 0 Å². The van der Waals surface area contributed by atoms with Gasteiger partial charge < -0.3 is 9.88 Å². The maximum Gasteiger partial charge on any atom is 0.140 e. The number of nitrogens with zero attached hydrogens (tertiary/aromatic N) is 3. The lowest BCUT2D eigenvalue weighted by Crippen LogP contribution is -2.40. The molecule has 0 radical (unpaired) electrons. The zero-order chi connectivity index (χ0) is 20.4. The number of rotatable bonds is 7. The molecule has 0 atom stereocenters. The summed E-state index contributed by atoms with van der Waals surface area (Å²) in [6.07, 6.45) is 1.89. The van der Waals surface area contributed by atoms with E-state index >= 15 is 0 Å². The van der Waals surface area contributed by atoms with Crippen molar-refractivity contribution in [3.8, 4) is 0 Å². The lowest BCUT2D eigenvalue weighted by Gasteiger charge is -2.36. The zero-order valence-electron chi connectivity index (χ0n) is 17.8. The number of para-hydroxylation sites is 1. The number of hydrogen-bond donors (Lipinski definition) is 1. The van der Waals surface area contributed by atoms with E-state index in [0.717, 1.165) is 25.3 Å². The van der Waals surface area contributed by atoms with Gasteiger partial charge >= 0.3 is 0 Å². The van der Waals surface area contributed by atoms with Crippen LogP contribution in [0.25, 0.3) is 21.9 Å².